The normalized spacial score (nSPS) is 26.0. The van der Waals surface area contributed by atoms with Gasteiger partial charge in [0.05, 0.1) is 0 Å². The summed E-state index contributed by atoms with van der Waals surface area (Å²) in [5, 5.41) is 0.832. The molecule has 0 aromatic heterocycles. The Morgan fingerprint density at radius 3 is 2.80 bits per heavy atom. The molecule has 3 heteroatoms. The van der Waals surface area contributed by atoms with Gasteiger partial charge in [0.2, 0.25) is 0 Å². The summed E-state index contributed by atoms with van der Waals surface area (Å²) >= 11 is 6.11. The van der Waals surface area contributed by atoms with Crippen LogP contribution < -0.4 is 10.6 Å². The second-order valence-electron chi connectivity index (χ2n) is 4.71. The lowest BCUT2D eigenvalue weighted by molar-refractivity contribution is 0.525. The molecule has 1 heterocycles. The molecule has 0 saturated carbocycles. The van der Waals surface area contributed by atoms with Crippen LogP contribution in [0.1, 0.15) is 18.9 Å². The van der Waals surface area contributed by atoms with Crippen molar-refractivity contribution in [3.63, 3.8) is 0 Å². The number of halogens is 1. The van der Waals surface area contributed by atoms with Crippen LogP contribution in [0, 0.1) is 6.92 Å². The predicted molar refractivity (Wildman–Crippen MR) is 65.6 cm³/mol. The van der Waals surface area contributed by atoms with Gasteiger partial charge in [-0.2, -0.15) is 0 Å². The highest BCUT2D eigenvalue weighted by Gasteiger charge is 2.30. The standard InChI is InChI=1S/C12H17ClN2/c1-9-10(13)4-3-5-11(9)15-7-6-12(2,14)8-15/h3-5H,6-8,14H2,1-2H3. The van der Waals surface area contributed by atoms with Crippen LogP contribution in [0.3, 0.4) is 0 Å². The Kier molecular flexibility index (Phi) is 2.65. The Morgan fingerprint density at radius 1 is 1.47 bits per heavy atom. The summed E-state index contributed by atoms with van der Waals surface area (Å²) in [5.74, 6) is 0. The number of nitrogens with two attached hydrogens (primary N) is 1. The Labute approximate surface area is 96.0 Å². The zero-order valence-electron chi connectivity index (χ0n) is 9.26. The van der Waals surface area contributed by atoms with E-state index in [0.717, 1.165) is 30.1 Å². The molecule has 2 rings (SSSR count). The van der Waals surface area contributed by atoms with Crippen LogP contribution >= 0.6 is 11.6 Å². The fraction of sp³-hybridized carbons (Fsp3) is 0.500. The summed E-state index contributed by atoms with van der Waals surface area (Å²) < 4.78 is 0. The minimum absolute atomic E-state index is 0.0608. The maximum atomic E-state index is 6.12. The molecule has 1 fully saturated rings. The number of nitrogens with zero attached hydrogens (tertiary/aromatic N) is 1. The Hall–Kier alpha value is -0.730. The molecule has 2 N–H and O–H groups in total. The number of benzene rings is 1. The van der Waals surface area contributed by atoms with E-state index in [1.165, 1.54) is 5.69 Å². The van der Waals surface area contributed by atoms with E-state index in [2.05, 4.69) is 24.8 Å². The van der Waals surface area contributed by atoms with Gasteiger partial charge < -0.3 is 10.6 Å². The average Bonchev–Trinajstić information content (AvgIpc) is 2.51. The van der Waals surface area contributed by atoms with Crippen molar-refractivity contribution in [1.82, 2.24) is 0 Å². The van der Waals surface area contributed by atoms with Crippen molar-refractivity contribution in [2.24, 2.45) is 5.73 Å². The maximum absolute atomic E-state index is 6.12. The highest BCUT2D eigenvalue weighted by molar-refractivity contribution is 6.31. The number of hydrogen-bond donors (Lipinski definition) is 1. The van der Waals surface area contributed by atoms with E-state index in [0.29, 0.717) is 0 Å². The number of rotatable bonds is 1. The molecule has 0 spiro atoms. The van der Waals surface area contributed by atoms with Crippen molar-refractivity contribution >= 4 is 17.3 Å². The summed E-state index contributed by atoms with van der Waals surface area (Å²) in [6.45, 7) is 6.10. The number of hydrogen-bond acceptors (Lipinski definition) is 2. The molecule has 1 saturated heterocycles. The van der Waals surface area contributed by atoms with Crippen LogP contribution in [-0.2, 0) is 0 Å². The molecule has 0 bridgehead atoms. The van der Waals surface area contributed by atoms with Gasteiger partial charge in [0.1, 0.15) is 0 Å². The van der Waals surface area contributed by atoms with Gasteiger partial charge in [-0.05, 0) is 38.0 Å². The van der Waals surface area contributed by atoms with Crippen molar-refractivity contribution in [1.29, 1.82) is 0 Å². The molecular weight excluding hydrogens is 208 g/mol. The van der Waals surface area contributed by atoms with E-state index in [9.17, 15) is 0 Å². The van der Waals surface area contributed by atoms with Crippen molar-refractivity contribution in [2.75, 3.05) is 18.0 Å². The van der Waals surface area contributed by atoms with Crippen LogP contribution in [0.25, 0.3) is 0 Å². The fourth-order valence-corrected chi connectivity index (χ4v) is 2.30. The monoisotopic (exact) mass is 224 g/mol. The van der Waals surface area contributed by atoms with E-state index in [-0.39, 0.29) is 5.54 Å². The van der Waals surface area contributed by atoms with E-state index >= 15 is 0 Å². The molecule has 0 amide bonds. The van der Waals surface area contributed by atoms with Gasteiger partial charge in [0, 0.05) is 29.3 Å². The first-order valence-electron chi connectivity index (χ1n) is 5.28. The fourth-order valence-electron chi connectivity index (χ4n) is 2.13. The summed E-state index contributed by atoms with van der Waals surface area (Å²) in [6.07, 6.45) is 1.04. The van der Waals surface area contributed by atoms with E-state index in [1.807, 2.05) is 12.1 Å². The van der Waals surface area contributed by atoms with E-state index in [1.54, 1.807) is 0 Å². The smallest absolute Gasteiger partial charge is 0.0455 e. The van der Waals surface area contributed by atoms with Gasteiger partial charge in [-0.1, -0.05) is 17.7 Å². The van der Waals surface area contributed by atoms with Crippen LogP contribution in [0.15, 0.2) is 18.2 Å². The third kappa shape index (κ3) is 2.11. The van der Waals surface area contributed by atoms with Crippen LogP contribution in [0.2, 0.25) is 5.02 Å². The topological polar surface area (TPSA) is 29.3 Å². The number of anilines is 1. The summed E-state index contributed by atoms with van der Waals surface area (Å²) in [4.78, 5) is 2.32. The minimum Gasteiger partial charge on any atom is -0.369 e. The quantitative estimate of drug-likeness (QED) is 0.795. The van der Waals surface area contributed by atoms with Crippen LogP contribution in [0.4, 0.5) is 5.69 Å². The van der Waals surface area contributed by atoms with Gasteiger partial charge in [0.15, 0.2) is 0 Å². The lowest BCUT2D eigenvalue weighted by atomic mass is 10.0. The van der Waals surface area contributed by atoms with Gasteiger partial charge >= 0.3 is 0 Å². The summed E-state index contributed by atoms with van der Waals surface area (Å²) in [5.41, 5.74) is 8.43. The van der Waals surface area contributed by atoms with E-state index < -0.39 is 0 Å². The lowest BCUT2D eigenvalue weighted by Gasteiger charge is -2.23. The SMILES string of the molecule is Cc1c(Cl)cccc1N1CCC(C)(N)C1. The molecule has 0 radical (unpaired) electrons. The van der Waals surface area contributed by atoms with Crippen molar-refractivity contribution < 1.29 is 0 Å². The van der Waals surface area contributed by atoms with Crippen molar-refractivity contribution in [3.8, 4) is 0 Å². The average molecular weight is 225 g/mol. The molecule has 1 unspecified atom stereocenters. The van der Waals surface area contributed by atoms with Crippen molar-refractivity contribution in [3.05, 3.63) is 28.8 Å². The van der Waals surface area contributed by atoms with E-state index in [4.69, 9.17) is 17.3 Å². The van der Waals surface area contributed by atoms with Gasteiger partial charge in [-0.15, -0.1) is 0 Å². The Morgan fingerprint density at radius 2 is 2.20 bits per heavy atom. The third-order valence-electron chi connectivity index (χ3n) is 3.08. The first-order valence-corrected chi connectivity index (χ1v) is 5.66. The second-order valence-corrected chi connectivity index (χ2v) is 5.12. The molecule has 15 heavy (non-hydrogen) atoms. The molecule has 1 aromatic rings. The minimum atomic E-state index is -0.0608. The molecule has 2 nitrogen and oxygen atoms in total. The third-order valence-corrected chi connectivity index (χ3v) is 3.49. The predicted octanol–water partition coefficient (Wildman–Crippen LogP) is 2.58. The Bertz CT molecular complexity index is 374. The molecule has 82 valence electrons. The van der Waals surface area contributed by atoms with Crippen LogP contribution in [0.5, 0.6) is 0 Å². The zero-order valence-corrected chi connectivity index (χ0v) is 10.0. The molecule has 1 aliphatic rings. The van der Waals surface area contributed by atoms with Gasteiger partial charge in [-0.25, -0.2) is 0 Å². The maximum Gasteiger partial charge on any atom is 0.0455 e. The largest absolute Gasteiger partial charge is 0.369 e. The molecule has 1 atom stereocenters. The highest BCUT2D eigenvalue weighted by atomic mass is 35.5. The Balaban J connectivity index is 2.28. The molecular formula is C12H17ClN2. The first kappa shape index (κ1) is 10.8. The highest BCUT2D eigenvalue weighted by Crippen LogP contribution is 2.30. The first-order chi connectivity index (χ1) is 6.99. The second kappa shape index (κ2) is 3.69. The summed E-state index contributed by atoms with van der Waals surface area (Å²) in [7, 11) is 0. The van der Waals surface area contributed by atoms with Gasteiger partial charge in [0.25, 0.3) is 0 Å². The zero-order chi connectivity index (χ0) is 11.1. The lowest BCUT2D eigenvalue weighted by Crippen LogP contribution is -2.39. The molecule has 1 aromatic carbocycles. The van der Waals surface area contributed by atoms with Crippen molar-refractivity contribution in [2.45, 2.75) is 25.8 Å². The summed E-state index contributed by atoms with van der Waals surface area (Å²) in [6, 6.07) is 6.04. The van der Waals surface area contributed by atoms with Crippen LogP contribution in [-0.4, -0.2) is 18.6 Å². The van der Waals surface area contributed by atoms with Gasteiger partial charge in [-0.3, -0.25) is 0 Å². The molecule has 1 aliphatic heterocycles. The molecule has 0 aliphatic carbocycles.